The second-order valence-corrected chi connectivity index (χ2v) is 5.42. The highest BCUT2D eigenvalue weighted by Gasteiger charge is 2.06. The molecule has 1 aromatic rings. The van der Waals surface area contributed by atoms with Gasteiger partial charge in [0.2, 0.25) is 0 Å². The lowest BCUT2D eigenvalue weighted by Gasteiger charge is -2.19. The van der Waals surface area contributed by atoms with Gasteiger partial charge in [-0.05, 0) is 18.7 Å². The summed E-state index contributed by atoms with van der Waals surface area (Å²) in [6, 6.07) is 4.44. The molecular formula is C14H24N2OS. The minimum Gasteiger partial charge on any atom is -0.383 e. The van der Waals surface area contributed by atoms with Gasteiger partial charge in [0, 0.05) is 43.0 Å². The normalized spacial score (nSPS) is 11.1. The number of methoxy groups -OCH3 is 1. The Bertz CT molecular complexity index is 338. The third-order valence-corrected chi connectivity index (χ3v) is 3.71. The van der Waals surface area contributed by atoms with Crippen molar-refractivity contribution < 1.29 is 4.74 Å². The van der Waals surface area contributed by atoms with Gasteiger partial charge < -0.3 is 10.1 Å². The van der Waals surface area contributed by atoms with Crippen molar-refractivity contribution in [3.05, 3.63) is 34.5 Å². The number of nitrogens with one attached hydrogen (secondary N) is 1. The van der Waals surface area contributed by atoms with E-state index in [-0.39, 0.29) is 0 Å². The van der Waals surface area contributed by atoms with Crippen LogP contribution >= 0.6 is 11.3 Å². The van der Waals surface area contributed by atoms with Crippen LogP contribution in [0.5, 0.6) is 0 Å². The largest absolute Gasteiger partial charge is 0.383 e. The molecule has 0 amide bonds. The quantitative estimate of drug-likeness (QED) is 0.660. The van der Waals surface area contributed by atoms with E-state index in [1.165, 1.54) is 9.75 Å². The fourth-order valence-electron chi connectivity index (χ4n) is 1.71. The number of nitrogens with zero attached hydrogens (tertiary/aromatic N) is 1. The van der Waals surface area contributed by atoms with Crippen molar-refractivity contribution in [1.82, 2.24) is 10.2 Å². The van der Waals surface area contributed by atoms with E-state index in [9.17, 15) is 0 Å². The first-order valence-corrected chi connectivity index (χ1v) is 7.22. The molecule has 0 fully saturated rings. The Morgan fingerprint density at radius 3 is 2.89 bits per heavy atom. The molecule has 1 N–H and O–H groups in total. The van der Waals surface area contributed by atoms with Crippen molar-refractivity contribution >= 4 is 11.3 Å². The van der Waals surface area contributed by atoms with E-state index in [0.717, 1.165) is 39.3 Å². The van der Waals surface area contributed by atoms with Gasteiger partial charge >= 0.3 is 0 Å². The lowest BCUT2D eigenvalue weighted by Crippen LogP contribution is -2.26. The van der Waals surface area contributed by atoms with Crippen LogP contribution in [0.1, 0.15) is 16.7 Å². The summed E-state index contributed by atoms with van der Waals surface area (Å²) in [5, 5.41) is 3.35. The molecule has 0 aliphatic carbocycles. The van der Waals surface area contributed by atoms with Crippen LogP contribution < -0.4 is 5.32 Å². The topological polar surface area (TPSA) is 24.5 Å². The van der Waals surface area contributed by atoms with E-state index in [2.05, 4.69) is 35.9 Å². The van der Waals surface area contributed by atoms with Gasteiger partial charge in [0.05, 0.1) is 6.61 Å². The maximum absolute atomic E-state index is 5.13. The summed E-state index contributed by atoms with van der Waals surface area (Å²) in [5.74, 6) is 0. The van der Waals surface area contributed by atoms with Crippen LogP contribution in [0.4, 0.5) is 0 Å². The van der Waals surface area contributed by atoms with E-state index in [1.54, 1.807) is 7.11 Å². The summed E-state index contributed by atoms with van der Waals surface area (Å²) in [7, 11) is 1.74. The standard InChI is InChI=1S/C14H24N2OS/c1-4-8-16(9-10-17-3)12-14-7-6-13(18-14)11-15-5-2/h4,6-7,15H,1,5,8-12H2,2-3H3. The van der Waals surface area contributed by atoms with Gasteiger partial charge in [0.1, 0.15) is 0 Å². The first-order chi connectivity index (χ1) is 8.80. The second kappa shape index (κ2) is 9.28. The molecular weight excluding hydrogens is 244 g/mol. The molecule has 1 heterocycles. The van der Waals surface area contributed by atoms with Gasteiger partial charge in [-0.3, -0.25) is 4.90 Å². The van der Waals surface area contributed by atoms with Gasteiger partial charge in [0.25, 0.3) is 0 Å². The van der Waals surface area contributed by atoms with Crippen molar-refractivity contribution in [2.75, 3.05) is 33.4 Å². The molecule has 102 valence electrons. The van der Waals surface area contributed by atoms with E-state index in [0.29, 0.717) is 0 Å². The predicted octanol–water partition coefficient (Wildman–Crippen LogP) is 2.49. The Hall–Kier alpha value is -0.680. The maximum atomic E-state index is 5.13. The van der Waals surface area contributed by atoms with Crippen molar-refractivity contribution in [1.29, 1.82) is 0 Å². The van der Waals surface area contributed by atoms with Crippen LogP contribution in [-0.4, -0.2) is 38.3 Å². The molecule has 0 aliphatic heterocycles. The Labute approximate surface area is 114 Å². The molecule has 0 spiro atoms. The molecule has 0 saturated carbocycles. The smallest absolute Gasteiger partial charge is 0.0589 e. The molecule has 1 aromatic heterocycles. The van der Waals surface area contributed by atoms with Crippen molar-refractivity contribution in [3.63, 3.8) is 0 Å². The molecule has 0 radical (unpaired) electrons. The van der Waals surface area contributed by atoms with E-state index in [4.69, 9.17) is 4.74 Å². The first kappa shape index (κ1) is 15.4. The molecule has 18 heavy (non-hydrogen) atoms. The average molecular weight is 268 g/mol. The third kappa shape index (κ3) is 5.78. The van der Waals surface area contributed by atoms with E-state index < -0.39 is 0 Å². The predicted molar refractivity (Wildman–Crippen MR) is 79.0 cm³/mol. The van der Waals surface area contributed by atoms with Crippen LogP contribution in [0.3, 0.4) is 0 Å². The number of rotatable bonds is 10. The van der Waals surface area contributed by atoms with Crippen LogP contribution in [0, 0.1) is 0 Å². The molecule has 0 saturated heterocycles. The zero-order valence-electron chi connectivity index (χ0n) is 11.4. The van der Waals surface area contributed by atoms with Crippen molar-refractivity contribution in [2.24, 2.45) is 0 Å². The molecule has 0 unspecified atom stereocenters. The molecule has 0 atom stereocenters. The van der Waals surface area contributed by atoms with Crippen LogP contribution in [0.2, 0.25) is 0 Å². The molecule has 4 heteroatoms. The molecule has 0 bridgehead atoms. The minimum atomic E-state index is 0.767. The van der Waals surface area contributed by atoms with E-state index in [1.807, 2.05) is 17.4 Å². The Morgan fingerprint density at radius 1 is 1.44 bits per heavy atom. The molecule has 0 aliphatic rings. The highest BCUT2D eigenvalue weighted by atomic mass is 32.1. The van der Waals surface area contributed by atoms with Gasteiger partial charge in [-0.15, -0.1) is 17.9 Å². The maximum Gasteiger partial charge on any atom is 0.0589 e. The summed E-state index contributed by atoms with van der Waals surface area (Å²) >= 11 is 1.88. The number of ether oxygens (including phenoxy) is 1. The summed E-state index contributed by atoms with van der Waals surface area (Å²) in [5.41, 5.74) is 0. The molecule has 3 nitrogen and oxygen atoms in total. The van der Waals surface area contributed by atoms with Crippen LogP contribution in [0.15, 0.2) is 24.8 Å². The zero-order valence-corrected chi connectivity index (χ0v) is 12.3. The monoisotopic (exact) mass is 268 g/mol. The van der Waals surface area contributed by atoms with Crippen LogP contribution in [-0.2, 0) is 17.8 Å². The Morgan fingerprint density at radius 2 is 2.22 bits per heavy atom. The minimum absolute atomic E-state index is 0.767. The van der Waals surface area contributed by atoms with Gasteiger partial charge in [-0.1, -0.05) is 13.0 Å². The highest BCUT2D eigenvalue weighted by molar-refractivity contribution is 7.11. The Kier molecular flexibility index (Phi) is 7.93. The Balaban J connectivity index is 2.46. The zero-order chi connectivity index (χ0) is 13.2. The summed E-state index contributed by atoms with van der Waals surface area (Å²) in [6.07, 6.45) is 1.95. The second-order valence-electron chi connectivity index (χ2n) is 4.16. The number of hydrogen-bond donors (Lipinski definition) is 1. The fraction of sp³-hybridized carbons (Fsp3) is 0.571. The van der Waals surface area contributed by atoms with Gasteiger partial charge in [-0.2, -0.15) is 0 Å². The fourth-order valence-corrected chi connectivity index (χ4v) is 2.74. The van der Waals surface area contributed by atoms with E-state index >= 15 is 0 Å². The first-order valence-electron chi connectivity index (χ1n) is 6.40. The summed E-state index contributed by atoms with van der Waals surface area (Å²) in [6.45, 7) is 11.5. The average Bonchev–Trinajstić information content (AvgIpc) is 2.81. The summed E-state index contributed by atoms with van der Waals surface area (Å²) < 4.78 is 5.13. The van der Waals surface area contributed by atoms with Crippen molar-refractivity contribution in [2.45, 2.75) is 20.0 Å². The van der Waals surface area contributed by atoms with Gasteiger partial charge in [0.15, 0.2) is 0 Å². The lowest BCUT2D eigenvalue weighted by molar-refractivity contribution is 0.151. The third-order valence-electron chi connectivity index (χ3n) is 2.64. The molecule has 0 aromatic carbocycles. The highest BCUT2D eigenvalue weighted by Crippen LogP contribution is 2.18. The number of hydrogen-bond acceptors (Lipinski definition) is 4. The van der Waals surface area contributed by atoms with Crippen molar-refractivity contribution in [3.8, 4) is 0 Å². The number of thiophene rings is 1. The molecule has 1 rings (SSSR count). The summed E-state index contributed by atoms with van der Waals surface area (Å²) in [4.78, 5) is 5.15. The lowest BCUT2D eigenvalue weighted by atomic mass is 10.3. The van der Waals surface area contributed by atoms with Gasteiger partial charge in [-0.25, -0.2) is 0 Å². The van der Waals surface area contributed by atoms with Crippen LogP contribution in [0.25, 0.3) is 0 Å². The SMILES string of the molecule is C=CCN(CCOC)Cc1ccc(CNCC)s1.